The summed E-state index contributed by atoms with van der Waals surface area (Å²) < 4.78 is 11.1. The van der Waals surface area contributed by atoms with Gasteiger partial charge in [-0.05, 0) is 31.1 Å². The molecule has 2 N–H and O–H groups in total. The second-order valence-electron chi connectivity index (χ2n) is 6.04. The lowest BCUT2D eigenvalue weighted by molar-refractivity contribution is 0.0121. The molecule has 0 aromatic carbocycles. The highest BCUT2D eigenvalue weighted by Gasteiger charge is 2.18. The van der Waals surface area contributed by atoms with Crippen molar-refractivity contribution in [1.82, 2.24) is 5.32 Å². The van der Waals surface area contributed by atoms with Crippen LogP contribution in [0.3, 0.4) is 0 Å². The number of aliphatic hydroxyl groups excluding tert-OH is 1. The highest BCUT2D eigenvalue weighted by molar-refractivity contribution is 4.93. The highest BCUT2D eigenvalue weighted by Crippen LogP contribution is 2.24. The monoisotopic (exact) mass is 299 g/mol. The summed E-state index contributed by atoms with van der Waals surface area (Å²) >= 11 is 0. The van der Waals surface area contributed by atoms with Crippen LogP contribution in [0.1, 0.15) is 39.5 Å². The first-order valence-corrected chi connectivity index (χ1v) is 8.43. The Kier molecular flexibility index (Phi) is 10.8. The van der Waals surface area contributed by atoms with Gasteiger partial charge in [0.2, 0.25) is 0 Å². The van der Waals surface area contributed by atoms with Crippen molar-refractivity contribution < 1.29 is 14.6 Å². The lowest BCUT2D eigenvalue weighted by Crippen LogP contribution is -2.33. The minimum atomic E-state index is -0.435. The fourth-order valence-corrected chi connectivity index (χ4v) is 2.41. The summed E-state index contributed by atoms with van der Waals surface area (Å²) in [6.45, 7) is 8.48. The van der Waals surface area contributed by atoms with Crippen molar-refractivity contribution in [3.63, 3.8) is 0 Å². The Bertz CT molecular complexity index is 271. The molecule has 3 unspecified atom stereocenters. The highest BCUT2D eigenvalue weighted by atomic mass is 16.5. The Morgan fingerprint density at radius 2 is 2.05 bits per heavy atom. The van der Waals surface area contributed by atoms with Crippen LogP contribution in [0.2, 0.25) is 0 Å². The van der Waals surface area contributed by atoms with E-state index in [9.17, 15) is 5.11 Å². The first-order valence-electron chi connectivity index (χ1n) is 8.43. The Morgan fingerprint density at radius 1 is 1.24 bits per heavy atom. The molecule has 0 bridgehead atoms. The number of hydrogen-bond donors (Lipinski definition) is 2. The van der Waals surface area contributed by atoms with Crippen LogP contribution in [-0.4, -0.2) is 50.7 Å². The number of nitrogens with one attached hydrogen (secondary N) is 1. The smallest absolute Gasteiger partial charge is 0.0897 e. The van der Waals surface area contributed by atoms with Gasteiger partial charge in [-0.25, -0.2) is 0 Å². The lowest BCUT2D eigenvalue weighted by atomic mass is 9.85. The van der Waals surface area contributed by atoms with Crippen LogP contribution < -0.4 is 5.32 Å². The average molecular weight is 299 g/mol. The van der Waals surface area contributed by atoms with Crippen LogP contribution in [0, 0.1) is 11.8 Å². The lowest BCUT2D eigenvalue weighted by Gasteiger charge is -2.25. The molecule has 0 saturated carbocycles. The Balaban J connectivity index is 1.91. The minimum absolute atomic E-state index is 0.413. The second kappa shape index (κ2) is 12.2. The molecule has 0 radical (unpaired) electrons. The Labute approximate surface area is 129 Å². The number of ether oxygens (including phenoxy) is 2. The summed E-state index contributed by atoms with van der Waals surface area (Å²) in [6.07, 6.45) is 8.59. The normalized spacial score (nSPS) is 23.4. The molecule has 21 heavy (non-hydrogen) atoms. The predicted molar refractivity (Wildman–Crippen MR) is 86.5 cm³/mol. The zero-order valence-electron chi connectivity index (χ0n) is 13.7. The van der Waals surface area contributed by atoms with E-state index in [0.717, 1.165) is 39.0 Å². The summed E-state index contributed by atoms with van der Waals surface area (Å²) in [7, 11) is 0. The molecule has 0 heterocycles. The third kappa shape index (κ3) is 9.25. The largest absolute Gasteiger partial charge is 0.389 e. The molecular weight excluding hydrogens is 266 g/mol. The fraction of sp³-hybridized carbons (Fsp3) is 0.882. The minimum Gasteiger partial charge on any atom is -0.389 e. The van der Waals surface area contributed by atoms with E-state index in [0.29, 0.717) is 31.6 Å². The molecule has 4 nitrogen and oxygen atoms in total. The standard InChI is InChI=1S/C17H33NO3/c1-3-4-10-20-11-9-18-12-17(19)14-21-13-16-8-6-5-7-15(16)2/h5-6,15-19H,3-4,7-14H2,1-2H3. The summed E-state index contributed by atoms with van der Waals surface area (Å²) in [6, 6.07) is 0. The van der Waals surface area contributed by atoms with Crippen molar-refractivity contribution in [2.45, 2.75) is 45.6 Å². The Hall–Kier alpha value is -0.420. The van der Waals surface area contributed by atoms with Gasteiger partial charge in [-0.2, -0.15) is 0 Å². The molecule has 0 fully saturated rings. The maximum atomic E-state index is 9.84. The first-order chi connectivity index (χ1) is 10.2. The third-order valence-corrected chi connectivity index (χ3v) is 4.01. The Morgan fingerprint density at radius 3 is 2.81 bits per heavy atom. The van der Waals surface area contributed by atoms with Crippen molar-refractivity contribution in [3.8, 4) is 0 Å². The topological polar surface area (TPSA) is 50.7 Å². The maximum absolute atomic E-state index is 9.84. The number of rotatable bonds is 12. The van der Waals surface area contributed by atoms with Crippen LogP contribution in [0.25, 0.3) is 0 Å². The molecular formula is C17H33NO3. The first kappa shape index (κ1) is 18.6. The molecule has 4 heteroatoms. The van der Waals surface area contributed by atoms with Crippen molar-refractivity contribution in [2.75, 3.05) is 39.5 Å². The van der Waals surface area contributed by atoms with Crippen LogP contribution in [-0.2, 0) is 9.47 Å². The SMILES string of the molecule is CCCCOCCNCC(O)COCC1CC=CCC1C. The van der Waals surface area contributed by atoms with Gasteiger partial charge in [-0.3, -0.25) is 0 Å². The van der Waals surface area contributed by atoms with Crippen molar-refractivity contribution in [2.24, 2.45) is 11.8 Å². The van der Waals surface area contributed by atoms with Gasteiger partial charge in [0, 0.05) is 19.7 Å². The zero-order valence-corrected chi connectivity index (χ0v) is 13.7. The summed E-state index contributed by atoms with van der Waals surface area (Å²) in [4.78, 5) is 0. The molecule has 0 spiro atoms. The third-order valence-electron chi connectivity index (χ3n) is 4.01. The average Bonchev–Trinajstić information content (AvgIpc) is 2.48. The van der Waals surface area contributed by atoms with Gasteiger partial charge in [0.15, 0.2) is 0 Å². The van der Waals surface area contributed by atoms with Crippen molar-refractivity contribution in [1.29, 1.82) is 0 Å². The quantitative estimate of drug-likeness (QED) is 0.429. The maximum Gasteiger partial charge on any atom is 0.0897 e. The molecule has 0 aliphatic heterocycles. The van der Waals surface area contributed by atoms with Gasteiger partial charge in [-0.1, -0.05) is 32.4 Å². The van der Waals surface area contributed by atoms with E-state index >= 15 is 0 Å². The summed E-state index contributed by atoms with van der Waals surface area (Å²) in [5, 5.41) is 13.0. The fourth-order valence-electron chi connectivity index (χ4n) is 2.41. The van der Waals surface area contributed by atoms with E-state index in [1.807, 2.05) is 0 Å². The molecule has 124 valence electrons. The molecule has 0 saturated heterocycles. The van der Waals surface area contributed by atoms with Crippen LogP contribution in [0.15, 0.2) is 12.2 Å². The van der Waals surface area contributed by atoms with Gasteiger partial charge in [0.25, 0.3) is 0 Å². The number of hydrogen-bond acceptors (Lipinski definition) is 4. The number of allylic oxidation sites excluding steroid dienone is 2. The van der Waals surface area contributed by atoms with E-state index < -0.39 is 6.10 Å². The molecule has 3 atom stereocenters. The van der Waals surface area contributed by atoms with Crippen molar-refractivity contribution in [3.05, 3.63) is 12.2 Å². The van der Waals surface area contributed by atoms with E-state index in [1.165, 1.54) is 6.42 Å². The predicted octanol–water partition coefficient (Wildman–Crippen LogP) is 2.37. The van der Waals surface area contributed by atoms with Crippen LogP contribution in [0.4, 0.5) is 0 Å². The van der Waals surface area contributed by atoms with Gasteiger partial charge < -0.3 is 19.9 Å². The van der Waals surface area contributed by atoms with Crippen molar-refractivity contribution >= 4 is 0 Å². The second-order valence-corrected chi connectivity index (χ2v) is 6.04. The van der Waals surface area contributed by atoms with Crippen LogP contribution in [0.5, 0.6) is 0 Å². The molecule has 1 rings (SSSR count). The molecule has 0 aromatic heterocycles. The van der Waals surface area contributed by atoms with E-state index in [1.54, 1.807) is 0 Å². The van der Waals surface area contributed by atoms with Gasteiger partial charge >= 0.3 is 0 Å². The van der Waals surface area contributed by atoms with E-state index in [4.69, 9.17) is 9.47 Å². The summed E-state index contributed by atoms with van der Waals surface area (Å²) in [5.74, 6) is 1.28. The van der Waals surface area contributed by atoms with Gasteiger partial charge in [0.1, 0.15) is 0 Å². The number of aliphatic hydroxyl groups is 1. The van der Waals surface area contributed by atoms with E-state index in [-0.39, 0.29) is 0 Å². The van der Waals surface area contributed by atoms with Crippen LogP contribution >= 0.6 is 0 Å². The van der Waals surface area contributed by atoms with Gasteiger partial charge in [0.05, 0.1) is 25.9 Å². The summed E-state index contributed by atoms with van der Waals surface area (Å²) in [5.41, 5.74) is 0. The molecule has 0 amide bonds. The molecule has 1 aliphatic carbocycles. The molecule has 1 aliphatic rings. The molecule has 0 aromatic rings. The zero-order chi connectivity index (χ0) is 15.3. The number of unbranched alkanes of at least 4 members (excludes halogenated alkanes) is 1. The van der Waals surface area contributed by atoms with Gasteiger partial charge in [-0.15, -0.1) is 0 Å². The van der Waals surface area contributed by atoms with E-state index in [2.05, 4.69) is 31.3 Å².